The molecule has 5 aromatic rings. The summed E-state index contributed by atoms with van der Waals surface area (Å²) in [5.41, 5.74) is 6.11. The van der Waals surface area contributed by atoms with E-state index in [4.69, 9.17) is 47.8 Å². The summed E-state index contributed by atoms with van der Waals surface area (Å²) in [5.74, 6) is 3.16. The van der Waals surface area contributed by atoms with Crippen molar-refractivity contribution in [2.45, 2.75) is 13.0 Å². The lowest BCUT2D eigenvalue weighted by Gasteiger charge is -2.40. The van der Waals surface area contributed by atoms with Gasteiger partial charge in [-0.15, -0.1) is 0 Å². The van der Waals surface area contributed by atoms with Crippen molar-refractivity contribution in [2.24, 2.45) is 9.98 Å². The maximum Gasteiger partial charge on any atom is 0.179 e. The summed E-state index contributed by atoms with van der Waals surface area (Å²) in [6.07, 6.45) is 0. The number of hydrogen-bond acceptors (Lipinski definition) is 7. The molecule has 0 radical (unpaired) electrons. The maximum absolute atomic E-state index is 6.36. The minimum atomic E-state index is -0.323. The van der Waals surface area contributed by atoms with Crippen LogP contribution in [0.15, 0.2) is 101 Å². The van der Waals surface area contributed by atoms with E-state index >= 15 is 0 Å². The lowest BCUT2D eigenvalue weighted by atomic mass is 9.93. The first-order chi connectivity index (χ1) is 20.9. The van der Waals surface area contributed by atoms with Gasteiger partial charge in [0.15, 0.2) is 29.0 Å². The van der Waals surface area contributed by atoms with Crippen LogP contribution in [-0.4, -0.2) is 35.7 Å². The molecular formula is C33H26Cl2N6O2. The Balaban J connectivity index is 1.50. The van der Waals surface area contributed by atoms with Crippen LogP contribution in [0.5, 0.6) is 11.5 Å². The molecule has 4 aromatic carbocycles. The van der Waals surface area contributed by atoms with Gasteiger partial charge in [0, 0.05) is 21.3 Å². The molecule has 8 nitrogen and oxygen atoms in total. The number of halogens is 2. The number of aromatic nitrogens is 2. The van der Waals surface area contributed by atoms with Crippen molar-refractivity contribution in [1.29, 1.82) is 0 Å². The van der Waals surface area contributed by atoms with E-state index in [-0.39, 0.29) is 6.04 Å². The summed E-state index contributed by atoms with van der Waals surface area (Å²) >= 11 is 12.7. The zero-order valence-corrected chi connectivity index (χ0v) is 25.1. The minimum Gasteiger partial charge on any atom is -0.493 e. The number of benzene rings is 4. The molecule has 214 valence electrons. The number of methoxy groups -OCH3 is 2. The standard InChI is InChI=1S/C33H26Cl2N6O2/c1-19-29-30(20-13-14-27(42-2)28(15-20)43-3)40-26-12-8-7-11-25(26)37-31(36-23-17-21(34)16-22(35)18-23)33(40)38-32(29)41(39-19)24-9-5-4-6-10-24/h4-18,30H,1-3H3,(H,36,37). The Labute approximate surface area is 258 Å². The minimum absolute atomic E-state index is 0.323. The lowest BCUT2D eigenvalue weighted by Crippen LogP contribution is -2.46. The van der Waals surface area contributed by atoms with Crippen LogP contribution in [0.2, 0.25) is 10.0 Å². The fourth-order valence-electron chi connectivity index (χ4n) is 5.65. The molecule has 3 heterocycles. The number of ether oxygens (including phenoxy) is 2. The third-order valence-corrected chi connectivity index (χ3v) is 7.92. The Morgan fingerprint density at radius 2 is 1.51 bits per heavy atom. The quantitative estimate of drug-likeness (QED) is 0.217. The average molecular weight is 610 g/mol. The Morgan fingerprint density at radius 3 is 2.26 bits per heavy atom. The molecule has 0 aliphatic carbocycles. The van der Waals surface area contributed by atoms with Crippen LogP contribution in [0, 0.1) is 6.92 Å². The number of hydrogen-bond donors (Lipinski definition) is 1. The number of aryl methyl sites for hydroxylation is 1. The van der Waals surface area contributed by atoms with Crippen molar-refractivity contribution in [3.05, 3.63) is 118 Å². The Hall–Kier alpha value is -4.79. The van der Waals surface area contributed by atoms with Crippen molar-refractivity contribution in [1.82, 2.24) is 9.78 Å². The van der Waals surface area contributed by atoms with Crippen molar-refractivity contribution in [3.63, 3.8) is 0 Å². The van der Waals surface area contributed by atoms with E-state index in [1.807, 2.05) is 72.3 Å². The molecule has 2 aliphatic heterocycles. The van der Waals surface area contributed by atoms with Crippen LogP contribution in [0.4, 0.5) is 22.9 Å². The van der Waals surface area contributed by atoms with Crippen LogP contribution in [0.1, 0.15) is 22.9 Å². The molecule has 1 aromatic heterocycles. The van der Waals surface area contributed by atoms with Crippen LogP contribution >= 0.6 is 23.2 Å². The summed E-state index contributed by atoms with van der Waals surface area (Å²) in [6.45, 7) is 2.02. The second kappa shape index (κ2) is 10.8. The van der Waals surface area contributed by atoms with Gasteiger partial charge < -0.3 is 19.7 Å². The molecule has 0 saturated heterocycles. The highest BCUT2D eigenvalue weighted by molar-refractivity contribution is 6.52. The number of rotatable bonds is 5. The van der Waals surface area contributed by atoms with E-state index < -0.39 is 0 Å². The number of fused-ring (bicyclic) bond motifs is 4. The SMILES string of the molecule is COc1ccc(C2c3c(C)nn(-c4ccccc4)c3N=C3C(Nc4cc(Cl)cc(Cl)c4)=Nc4ccccc4N32)cc1OC. The fraction of sp³-hybridized carbons (Fsp3) is 0.121. The van der Waals surface area contributed by atoms with Crippen LogP contribution < -0.4 is 19.7 Å². The summed E-state index contributed by atoms with van der Waals surface area (Å²) in [4.78, 5) is 12.5. The highest BCUT2D eigenvalue weighted by Crippen LogP contribution is 2.49. The van der Waals surface area contributed by atoms with Gasteiger partial charge in [0.1, 0.15) is 0 Å². The predicted molar refractivity (Wildman–Crippen MR) is 173 cm³/mol. The van der Waals surface area contributed by atoms with Crippen molar-refractivity contribution in [2.75, 3.05) is 24.4 Å². The first-order valence-corrected chi connectivity index (χ1v) is 14.4. The van der Waals surface area contributed by atoms with Crippen LogP contribution in [0.25, 0.3) is 5.69 Å². The molecule has 1 N–H and O–H groups in total. The Kier molecular flexibility index (Phi) is 6.80. The lowest BCUT2D eigenvalue weighted by molar-refractivity contribution is 0.354. The molecule has 7 rings (SSSR count). The zero-order valence-electron chi connectivity index (χ0n) is 23.5. The second-order valence-corrected chi connectivity index (χ2v) is 11.0. The Bertz CT molecular complexity index is 1920. The van der Waals surface area contributed by atoms with Gasteiger partial charge in [0.25, 0.3) is 0 Å². The molecule has 0 spiro atoms. The van der Waals surface area contributed by atoms with Crippen molar-refractivity contribution in [3.8, 4) is 17.2 Å². The smallest absolute Gasteiger partial charge is 0.179 e. The van der Waals surface area contributed by atoms with E-state index in [1.165, 1.54) is 0 Å². The number of aliphatic imine (C=N–C) groups is 2. The van der Waals surface area contributed by atoms with Gasteiger partial charge in [0.2, 0.25) is 0 Å². The number of amidine groups is 2. The molecule has 43 heavy (non-hydrogen) atoms. The first kappa shape index (κ1) is 27.1. The van der Waals surface area contributed by atoms with E-state index in [0.29, 0.717) is 44.7 Å². The summed E-state index contributed by atoms with van der Waals surface area (Å²) in [7, 11) is 3.27. The van der Waals surface area contributed by atoms with E-state index in [2.05, 4.69) is 22.3 Å². The van der Waals surface area contributed by atoms with Gasteiger partial charge in [-0.05, 0) is 67.1 Å². The van der Waals surface area contributed by atoms with E-state index in [1.54, 1.807) is 32.4 Å². The summed E-state index contributed by atoms with van der Waals surface area (Å²) in [5, 5.41) is 9.46. The first-order valence-electron chi connectivity index (χ1n) is 13.6. The highest BCUT2D eigenvalue weighted by atomic mass is 35.5. The van der Waals surface area contributed by atoms with Crippen LogP contribution in [-0.2, 0) is 0 Å². The number of anilines is 2. The molecule has 0 bridgehead atoms. The van der Waals surface area contributed by atoms with Gasteiger partial charge in [0.05, 0.1) is 43.0 Å². The van der Waals surface area contributed by atoms with Gasteiger partial charge in [-0.25, -0.2) is 14.7 Å². The van der Waals surface area contributed by atoms with Crippen molar-refractivity contribution >= 4 is 57.8 Å². The average Bonchev–Trinajstić information content (AvgIpc) is 3.35. The van der Waals surface area contributed by atoms with Crippen LogP contribution in [0.3, 0.4) is 0 Å². The highest BCUT2D eigenvalue weighted by Gasteiger charge is 2.41. The molecular weight excluding hydrogens is 583 g/mol. The monoisotopic (exact) mass is 608 g/mol. The molecule has 0 saturated carbocycles. The molecule has 1 unspecified atom stereocenters. The molecule has 0 amide bonds. The molecule has 1 atom stereocenters. The van der Waals surface area contributed by atoms with E-state index in [0.717, 1.165) is 33.9 Å². The third kappa shape index (κ3) is 4.69. The maximum atomic E-state index is 6.36. The molecule has 10 heteroatoms. The molecule has 0 fully saturated rings. The largest absolute Gasteiger partial charge is 0.493 e. The van der Waals surface area contributed by atoms with E-state index in [9.17, 15) is 0 Å². The summed E-state index contributed by atoms with van der Waals surface area (Å²) in [6, 6.07) is 29.0. The predicted octanol–water partition coefficient (Wildman–Crippen LogP) is 8.30. The topological polar surface area (TPSA) is 76.3 Å². The fourth-order valence-corrected chi connectivity index (χ4v) is 6.17. The van der Waals surface area contributed by atoms with Gasteiger partial charge in [-0.2, -0.15) is 5.10 Å². The van der Waals surface area contributed by atoms with Gasteiger partial charge in [-0.1, -0.05) is 59.6 Å². The number of para-hydroxylation sites is 3. The second-order valence-electron chi connectivity index (χ2n) is 10.1. The number of nitrogens with zero attached hydrogens (tertiary/aromatic N) is 5. The Morgan fingerprint density at radius 1 is 0.791 bits per heavy atom. The van der Waals surface area contributed by atoms with Gasteiger partial charge >= 0.3 is 0 Å². The third-order valence-electron chi connectivity index (χ3n) is 7.49. The normalized spacial score (nSPS) is 15.1. The molecule has 2 aliphatic rings. The van der Waals surface area contributed by atoms with Gasteiger partial charge in [-0.3, -0.25) is 0 Å². The number of nitrogens with one attached hydrogen (secondary N) is 1. The zero-order chi connectivity index (χ0) is 29.7. The summed E-state index contributed by atoms with van der Waals surface area (Å²) < 4.78 is 13.2. The van der Waals surface area contributed by atoms with Crippen molar-refractivity contribution < 1.29 is 9.47 Å².